The van der Waals surface area contributed by atoms with Crippen molar-refractivity contribution in [2.45, 2.75) is 39.2 Å². The van der Waals surface area contributed by atoms with Crippen molar-refractivity contribution in [2.75, 3.05) is 0 Å². The molecule has 27 heavy (non-hydrogen) atoms. The van der Waals surface area contributed by atoms with E-state index in [1.165, 1.54) is 5.56 Å². The Morgan fingerprint density at radius 1 is 1.11 bits per heavy atom. The quantitative estimate of drug-likeness (QED) is 0.681. The molecule has 0 aliphatic heterocycles. The van der Waals surface area contributed by atoms with Crippen LogP contribution in [0.1, 0.15) is 47.8 Å². The van der Waals surface area contributed by atoms with Crippen LogP contribution in [-0.2, 0) is 26.5 Å². The summed E-state index contributed by atoms with van der Waals surface area (Å²) in [7, 11) is 1.90. The zero-order valence-electron chi connectivity index (χ0n) is 15.9. The van der Waals surface area contributed by atoms with Crippen LogP contribution in [0.15, 0.2) is 48.5 Å². The number of hydrogen-bond acceptors (Lipinski definition) is 3. The molecule has 4 heteroatoms. The van der Waals surface area contributed by atoms with Crippen LogP contribution in [0.3, 0.4) is 0 Å². The second-order valence-electron chi connectivity index (χ2n) is 6.79. The summed E-state index contributed by atoms with van der Waals surface area (Å²) in [6.07, 6.45) is 3.91. The summed E-state index contributed by atoms with van der Waals surface area (Å²) in [6, 6.07) is 18.2. The van der Waals surface area contributed by atoms with E-state index in [4.69, 9.17) is 0 Å². The smallest absolute Gasteiger partial charge is 0.0998 e. The highest BCUT2D eigenvalue weighted by molar-refractivity contribution is 5.70. The van der Waals surface area contributed by atoms with E-state index >= 15 is 0 Å². The van der Waals surface area contributed by atoms with Gasteiger partial charge in [-0.25, -0.2) is 0 Å². The molecule has 1 aromatic heterocycles. The van der Waals surface area contributed by atoms with Crippen molar-refractivity contribution in [3.8, 4) is 17.2 Å². The molecule has 2 aromatic carbocycles. The van der Waals surface area contributed by atoms with Crippen LogP contribution >= 0.6 is 0 Å². The molecule has 0 saturated carbocycles. The van der Waals surface area contributed by atoms with E-state index in [9.17, 15) is 10.4 Å². The topological polar surface area (TPSA) is 61.8 Å². The summed E-state index contributed by atoms with van der Waals surface area (Å²) in [5.41, 5.74) is 6.96. The van der Waals surface area contributed by atoms with E-state index in [1.54, 1.807) is 4.68 Å². The zero-order valence-corrected chi connectivity index (χ0v) is 15.9. The van der Waals surface area contributed by atoms with Gasteiger partial charge in [-0.2, -0.15) is 10.4 Å². The molecule has 3 aromatic rings. The van der Waals surface area contributed by atoms with Gasteiger partial charge >= 0.3 is 0 Å². The number of nitriles is 1. The maximum Gasteiger partial charge on any atom is 0.0998 e. The normalized spacial score (nSPS) is 10.7. The molecule has 0 aliphatic carbocycles. The van der Waals surface area contributed by atoms with Gasteiger partial charge in [0, 0.05) is 19.0 Å². The molecule has 0 saturated heterocycles. The Morgan fingerprint density at radius 3 is 2.52 bits per heavy atom. The first kappa shape index (κ1) is 18.9. The SMILES string of the molecule is CCCCc1nn(C)c(CO)c1Cc1ccc(-c2ccccc2C#N)cc1. The molecule has 0 bridgehead atoms. The minimum Gasteiger partial charge on any atom is -0.390 e. The molecule has 3 rings (SSSR count). The molecule has 0 aliphatic rings. The highest BCUT2D eigenvalue weighted by Gasteiger charge is 2.15. The number of aryl methyl sites for hydroxylation is 2. The van der Waals surface area contributed by atoms with Gasteiger partial charge in [-0.1, -0.05) is 55.8 Å². The summed E-state index contributed by atoms with van der Waals surface area (Å²) in [6.45, 7) is 2.17. The minimum absolute atomic E-state index is 0.00140. The van der Waals surface area contributed by atoms with Gasteiger partial charge in [0.1, 0.15) is 0 Å². The molecule has 0 amide bonds. The lowest BCUT2D eigenvalue weighted by molar-refractivity contribution is 0.269. The third-order valence-electron chi connectivity index (χ3n) is 4.97. The Morgan fingerprint density at radius 2 is 1.85 bits per heavy atom. The molecular formula is C23H25N3O. The van der Waals surface area contributed by atoms with E-state index in [-0.39, 0.29) is 6.61 Å². The third-order valence-corrected chi connectivity index (χ3v) is 4.97. The van der Waals surface area contributed by atoms with Gasteiger partial charge in [0.15, 0.2) is 0 Å². The molecule has 1 heterocycles. The lowest BCUT2D eigenvalue weighted by atomic mass is 9.96. The zero-order chi connectivity index (χ0) is 19.2. The van der Waals surface area contributed by atoms with Gasteiger partial charge in [-0.15, -0.1) is 0 Å². The molecule has 138 valence electrons. The molecule has 0 atom stereocenters. The number of unbranched alkanes of at least 4 members (excludes halogenated alkanes) is 1. The van der Waals surface area contributed by atoms with Crippen molar-refractivity contribution < 1.29 is 5.11 Å². The third kappa shape index (κ3) is 4.10. The van der Waals surface area contributed by atoms with Crippen molar-refractivity contribution in [1.29, 1.82) is 5.26 Å². The van der Waals surface area contributed by atoms with Crippen LogP contribution in [-0.4, -0.2) is 14.9 Å². The molecule has 0 spiro atoms. The van der Waals surface area contributed by atoms with Gasteiger partial charge in [0.05, 0.1) is 29.6 Å². The van der Waals surface area contributed by atoms with Gasteiger partial charge in [-0.3, -0.25) is 4.68 Å². The highest BCUT2D eigenvalue weighted by Crippen LogP contribution is 2.25. The number of aromatic nitrogens is 2. The first-order chi connectivity index (χ1) is 13.2. The highest BCUT2D eigenvalue weighted by atomic mass is 16.3. The predicted octanol–water partition coefficient (Wildman–Crippen LogP) is 4.38. The lowest BCUT2D eigenvalue weighted by Gasteiger charge is -2.08. The van der Waals surface area contributed by atoms with Crippen molar-refractivity contribution in [3.63, 3.8) is 0 Å². The molecular weight excluding hydrogens is 334 g/mol. The summed E-state index contributed by atoms with van der Waals surface area (Å²) < 4.78 is 1.80. The van der Waals surface area contributed by atoms with Crippen molar-refractivity contribution in [2.24, 2.45) is 7.05 Å². The monoisotopic (exact) mass is 359 g/mol. The number of hydrogen-bond donors (Lipinski definition) is 1. The van der Waals surface area contributed by atoms with E-state index in [0.29, 0.717) is 5.56 Å². The first-order valence-corrected chi connectivity index (χ1v) is 9.40. The Hall–Kier alpha value is -2.90. The molecule has 4 nitrogen and oxygen atoms in total. The molecule has 0 radical (unpaired) electrons. The van der Waals surface area contributed by atoms with Gasteiger partial charge in [0.2, 0.25) is 0 Å². The van der Waals surface area contributed by atoms with Crippen LogP contribution < -0.4 is 0 Å². The average molecular weight is 359 g/mol. The van der Waals surface area contributed by atoms with Crippen molar-refractivity contribution >= 4 is 0 Å². The standard InChI is InChI=1S/C23H25N3O/c1-3-4-9-22-21(23(16-27)26(2)25-22)14-17-10-12-18(13-11-17)20-8-6-5-7-19(20)15-24/h5-8,10-13,27H,3-4,9,14,16H2,1-2H3. The predicted molar refractivity (Wildman–Crippen MR) is 107 cm³/mol. The number of nitrogens with zero attached hydrogens (tertiary/aromatic N) is 3. The van der Waals surface area contributed by atoms with Gasteiger partial charge < -0.3 is 5.11 Å². The molecule has 1 N–H and O–H groups in total. The van der Waals surface area contributed by atoms with E-state index in [2.05, 4.69) is 42.4 Å². The summed E-state index contributed by atoms with van der Waals surface area (Å²) in [4.78, 5) is 0. The lowest BCUT2D eigenvalue weighted by Crippen LogP contribution is -2.01. The molecule has 0 fully saturated rings. The fourth-order valence-corrected chi connectivity index (χ4v) is 3.45. The number of aliphatic hydroxyl groups is 1. The van der Waals surface area contributed by atoms with Crippen LogP contribution in [0.5, 0.6) is 0 Å². The largest absolute Gasteiger partial charge is 0.390 e. The number of rotatable bonds is 7. The van der Waals surface area contributed by atoms with Crippen LogP contribution in [0.4, 0.5) is 0 Å². The summed E-state index contributed by atoms with van der Waals surface area (Å²) in [5.74, 6) is 0. The van der Waals surface area contributed by atoms with Crippen molar-refractivity contribution in [3.05, 3.63) is 76.6 Å². The van der Waals surface area contributed by atoms with Crippen LogP contribution in [0.25, 0.3) is 11.1 Å². The van der Waals surface area contributed by atoms with E-state index in [0.717, 1.165) is 53.8 Å². The second-order valence-corrected chi connectivity index (χ2v) is 6.79. The maximum absolute atomic E-state index is 9.78. The Bertz CT molecular complexity index is 949. The Labute approximate surface area is 160 Å². The number of aliphatic hydroxyl groups excluding tert-OH is 1. The fraction of sp³-hybridized carbons (Fsp3) is 0.304. The van der Waals surface area contributed by atoms with Crippen LogP contribution in [0.2, 0.25) is 0 Å². The average Bonchev–Trinajstić information content (AvgIpc) is 3.01. The summed E-state index contributed by atoms with van der Waals surface area (Å²) in [5, 5.41) is 23.7. The maximum atomic E-state index is 9.78. The van der Waals surface area contributed by atoms with Crippen molar-refractivity contribution in [1.82, 2.24) is 9.78 Å². The first-order valence-electron chi connectivity index (χ1n) is 9.40. The van der Waals surface area contributed by atoms with Crippen LogP contribution in [0, 0.1) is 11.3 Å². The Balaban J connectivity index is 1.88. The Kier molecular flexibility index (Phi) is 6.05. The fourth-order valence-electron chi connectivity index (χ4n) is 3.45. The second kappa shape index (κ2) is 8.66. The van der Waals surface area contributed by atoms with Gasteiger partial charge in [0.25, 0.3) is 0 Å². The minimum atomic E-state index is -0.00140. The van der Waals surface area contributed by atoms with E-state index < -0.39 is 0 Å². The van der Waals surface area contributed by atoms with Gasteiger partial charge in [-0.05, 0) is 35.6 Å². The summed E-state index contributed by atoms with van der Waals surface area (Å²) >= 11 is 0. The van der Waals surface area contributed by atoms with E-state index in [1.807, 2.05) is 31.3 Å². The number of benzene rings is 2. The molecule has 0 unspecified atom stereocenters.